The molecule has 5 rings (SSSR count). The largest absolute Gasteiger partial charge is 0.349 e. The highest BCUT2D eigenvalue weighted by atomic mass is 16.1. The number of para-hydroxylation sites is 2. The number of imidazole rings is 1. The number of hydrogen-bond donors (Lipinski definition) is 1. The minimum absolute atomic E-state index is 0.00544. The molecule has 0 saturated heterocycles. The van der Waals surface area contributed by atoms with Crippen LogP contribution in [0.3, 0.4) is 0 Å². The van der Waals surface area contributed by atoms with E-state index in [0.29, 0.717) is 13.0 Å². The van der Waals surface area contributed by atoms with E-state index in [9.17, 15) is 4.79 Å². The lowest BCUT2D eigenvalue weighted by Gasteiger charge is -2.11. The Labute approximate surface area is 199 Å². The molecule has 0 radical (unpaired) electrons. The zero-order chi connectivity index (χ0) is 23.2. The molecular formula is C30H27N3O. The lowest BCUT2D eigenvalue weighted by molar-refractivity contribution is -0.120. The van der Waals surface area contributed by atoms with Gasteiger partial charge in [0, 0.05) is 6.54 Å². The van der Waals surface area contributed by atoms with Gasteiger partial charge in [-0.3, -0.25) is 4.79 Å². The highest BCUT2D eigenvalue weighted by Crippen LogP contribution is 2.20. The Bertz CT molecular complexity index is 1370. The zero-order valence-corrected chi connectivity index (χ0v) is 19.0. The lowest BCUT2D eigenvalue weighted by atomic mass is 10.0. The van der Waals surface area contributed by atoms with Gasteiger partial charge < -0.3 is 9.88 Å². The van der Waals surface area contributed by atoms with Crippen LogP contribution in [0.15, 0.2) is 109 Å². The van der Waals surface area contributed by atoms with Gasteiger partial charge >= 0.3 is 0 Å². The zero-order valence-electron chi connectivity index (χ0n) is 19.0. The average molecular weight is 446 g/mol. The van der Waals surface area contributed by atoms with E-state index in [0.717, 1.165) is 41.0 Å². The molecule has 0 atom stereocenters. The Morgan fingerprint density at radius 2 is 1.35 bits per heavy atom. The van der Waals surface area contributed by atoms with E-state index in [-0.39, 0.29) is 5.91 Å². The molecule has 4 aromatic carbocycles. The van der Waals surface area contributed by atoms with Gasteiger partial charge in [0.1, 0.15) is 5.82 Å². The first-order valence-corrected chi connectivity index (χ1v) is 11.7. The number of nitrogens with one attached hydrogen (secondary N) is 1. The second kappa shape index (κ2) is 10.2. The summed E-state index contributed by atoms with van der Waals surface area (Å²) in [5.41, 5.74) is 6.66. The van der Waals surface area contributed by atoms with Crippen LogP contribution in [0.4, 0.5) is 0 Å². The molecule has 1 heterocycles. The standard InChI is InChI=1S/C30H27N3O/c34-30(21-24-15-17-26(18-16-24)25-11-5-2-6-12-25)31-22-29-32-27-13-7-8-14-28(27)33(29)20-19-23-9-3-1-4-10-23/h1-18H,19-22H2,(H,31,34). The summed E-state index contributed by atoms with van der Waals surface area (Å²) in [6.07, 6.45) is 1.26. The third kappa shape index (κ3) is 5.07. The van der Waals surface area contributed by atoms with Gasteiger partial charge in [-0.1, -0.05) is 97.1 Å². The van der Waals surface area contributed by atoms with E-state index < -0.39 is 0 Å². The predicted molar refractivity (Wildman–Crippen MR) is 137 cm³/mol. The van der Waals surface area contributed by atoms with Crippen molar-refractivity contribution in [2.24, 2.45) is 0 Å². The summed E-state index contributed by atoms with van der Waals surface area (Å²) < 4.78 is 2.22. The fraction of sp³-hybridized carbons (Fsp3) is 0.133. The van der Waals surface area contributed by atoms with E-state index >= 15 is 0 Å². The third-order valence-corrected chi connectivity index (χ3v) is 6.07. The fourth-order valence-electron chi connectivity index (χ4n) is 4.27. The Hall–Kier alpha value is -4.18. The van der Waals surface area contributed by atoms with Crippen molar-refractivity contribution in [3.63, 3.8) is 0 Å². The van der Waals surface area contributed by atoms with E-state index in [1.165, 1.54) is 11.1 Å². The summed E-state index contributed by atoms with van der Waals surface area (Å²) >= 11 is 0. The van der Waals surface area contributed by atoms with Crippen molar-refractivity contribution in [1.29, 1.82) is 0 Å². The van der Waals surface area contributed by atoms with Gasteiger partial charge in [-0.25, -0.2) is 4.98 Å². The van der Waals surface area contributed by atoms with Gasteiger partial charge in [0.2, 0.25) is 5.91 Å². The monoisotopic (exact) mass is 445 g/mol. The molecule has 0 aliphatic carbocycles. The van der Waals surface area contributed by atoms with Gasteiger partial charge in [0.25, 0.3) is 0 Å². The van der Waals surface area contributed by atoms with Crippen molar-refractivity contribution in [3.05, 3.63) is 126 Å². The van der Waals surface area contributed by atoms with Crippen molar-refractivity contribution in [2.75, 3.05) is 0 Å². The van der Waals surface area contributed by atoms with Gasteiger partial charge in [0.15, 0.2) is 0 Å². The molecule has 34 heavy (non-hydrogen) atoms. The van der Waals surface area contributed by atoms with Crippen LogP contribution in [-0.2, 0) is 30.7 Å². The summed E-state index contributed by atoms with van der Waals surface area (Å²) in [5, 5.41) is 3.07. The molecule has 0 bridgehead atoms. The van der Waals surface area contributed by atoms with Gasteiger partial charge in [-0.15, -0.1) is 0 Å². The van der Waals surface area contributed by atoms with Crippen molar-refractivity contribution >= 4 is 16.9 Å². The molecule has 0 aliphatic heterocycles. The third-order valence-electron chi connectivity index (χ3n) is 6.07. The molecule has 1 aromatic heterocycles. The molecule has 1 amide bonds. The Morgan fingerprint density at radius 1 is 0.706 bits per heavy atom. The van der Waals surface area contributed by atoms with E-state index in [4.69, 9.17) is 4.98 Å². The topological polar surface area (TPSA) is 46.9 Å². The molecule has 0 unspecified atom stereocenters. The van der Waals surface area contributed by atoms with E-state index in [1.807, 2.05) is 54.6 Å². The van der Waals surface area contributed by atoms with Gasteiger partial charge in [0.05, 0.1) is 24.0 Å². The van der Waals surface area contributed by atoms with Crippen LogP contribution in [0.25, 0.3) is 22.2 Å². The van der Waals surface area contributed by atoms with Crippen LogP contribution in [0.1, 0.15) is 17.0 Å². The van der Waals surface area contributed by atoms with E-state index in [2.05, 4.69) is 64.5 Å². The number of carbonyl (C=O) groups is 1. The lowest BCUT2D eigenvalue weighted by Crippen LogP contribution is -2.26. The predicted octanol–water partition coefficient (Wildman–Crippen LogP) is 5.80. The van der Waals surface area contributed by atoms with Crippen molar-refractivity contribution in [1.82, 2.24) is 14.9 Å². The number of carbonyl (C=O) groups excluding carboxylic acids is 1. The molecule has 5 aromatic rings. The minimum atomic E-state index is -0.00544. The molecule has 4 heteroatoms. The number of aryl methyl sites for hydroxylation is 2. The Balaban J connectivity index is 1.25. The quantitative estimate of drug-likeness (QED) is 0.328. The molecule has 0 aliphatic rings. The second-order valence-electron chi connectivity index (χ2n) is 8.42. The maximum absolute atomic E-state index is 12.7. The van der Waals surface area contributed by atoms with Crippen molar-refractivity contribution in [3.8, 4) is 11.1 Å². The van der Waals surface area contributed by atoms with Crippen LogP contribution in [0.2, 0.25) is 0 Å². The summed E-state index contributed by atoms with van der Waals surface area (Å²) in [6, 6.07) is 37.0. The smallest absolute Gasteiger partial charge is 0.224 e. The molecule has 168 valence electrons. The maximum atomic E-state index is 12.7. The number of hydrogen-bond acceptors (Lipinski definition) is 2. The van der Waals surface area contributed by atoms with Crippen LogP contribution >= 0.6 is 0 Å². The molecule has 0 fully saturated rings. The summed E-state index contributed by atoms with van der Waals surface area (Å²) in [7, 11) is 0. The highest BCUT2D eigenvalue weighted by Gasteiger charge is 2.12. The first kappa shape index (κ1) is 21.7. The molecule has 4 nitrogen and oxygen atoms in total. The first-order valence-electron chi connectivity index (χ1n) is 11.7. The number of nitrogens with zero attached hydrogens (tertiary/aromatic N) is 2. The van der Waals surface area contributed by atoms with Crippen LogP contribution in [-0.4, -0.2) is 15.5 Å². The fourth-order valence-corrected chi connectivity index (χ4v) is 4.27. The Morgan fingerprint density at radius 3 is 2.12 bits per heavy atom. The number of amides is 1. The SMILES string of the molecule is O=C(Cc1ccc(-c2ccccc2)cc1)NCc1nc2ccccc2n1CCc1ccccc1. The summed E-state index contributed by atoms with van der Waals surface area (Å²) in [6.45, 7) is 1.22. The number of fused-ring (bicyclic) bond motifs is 1. The molecule has 1 N–H and O–H groups in total. The number of aromatic nitrogens is 2. The summed E-state index contributed by atoms with van der Waals surface area (Å²) in [4.78, 5) is 17.5. The molecule has 0 saturated carbocycles. The average Bonchev–Trinajstić information content (AvgIpc) is 3.25. The van der Waals surface area contributed by atoms with Crippen LogP contribution in [0.5, 0.6) is 0 Å². The van der Waals surface area contributed by atoms with Crippen LogP contribution in [0, 0.1) is 0 Å². The van der Waals surface area contributed by atoms with Gasteiger partial charge in [-0.2, -0.15) is 0 Å². The van der Waals surface area contributed by atoms with Crippen molar-refractivity contribution in [2.45, 2.75) is 25.9 Å². The summed E-state index contributed by atoms with van der Waals surface area (Å²) in [5.74, 6) is 0.874. The first-order chi connectivity index (χ1) is 16.8. The maximum Gasteiger partial charge on any atom is 0.224 e. The van der Waals surface area contributed by atoms with Crippen molar-refractivity contribution < 1.29 is 4.79 Å². The Kier molecular flexibility index (Phi) is 6.48. The van der Waals surface area contributed by atoms with Crippen LogP contribution < -0.4 is 5.32 Å². The minimum Gasteiger partial charge on any atom is -0.349 e. The molecular weight excluding hydrogens is 418 g/mol. The molecule has 0 spiro atoms. The number of benzene rings is 4. The van der Waals surface area contributed by atoms with E-state index in [1.54, 1.807) is 0 Å². The van der Waals surface area contributed by atoms with Gasteiger partial charge in [-0.05, 0) is 40.8 Å². The number of rotatable bonds is 8. The normalized spacial score (nSPS) is 10.9. The highest BCUT2D eigenvalue weighted by molar-refractivity contribution is 5.79. The second-order valence-corrected chi connectivity index (χ2v) is 8.42.